The van der Waals surface area contributed by atoms with Gasteiger partial charge in [0.2, 0.25) is 12.6 Å². The first-order valence-corrected chi connectivity index (χ1v) is 8.54. The van der Waals surface area contributed by atoms with Crippen LogP contribution in [0.25, 0.3) is 0 Å². The van der Waals surface area contributed by atoms with E-state index in [2.05, 4.69) is 31.2 Å². The molecule has 2 aromatic rings. The Morgan fingerprint density at radius 2 is 1.12 bits per heavy atom. The van der Waals surface area contributed by atoms with Gasteiger partial charge in [-0.1, -0.05) is 31.2 Å². The summed E-state index contributed by atoms with van der Waals surface area (Å²) in [5.41, 5.74) is 2.51. The van der Waals surface area contributed by atoms with Gasteiger partial charge < -0.3 is 18.9 Å². The van der Waals surface area contributed by atoms with E-state index >= 15 is 0 Å². The predicted octanol–water partition coefficient (Wildman–Crippen LogP) is 4.09. The van der Waals surface area contributed by atoms with E-state index < -0.39 is 0 Å². The molecule has 0 aliphatic carbocycles. The van der Waals surface area contributed by atoms with E-state index in [0.717, 1.165) is 37.6 Å². The summed E-state index contributed by atoms with van der Waals surface area (Å²) in [6, 6.07) is 16.5. The number of ether oxygens (including phenoxy) is 4. The molecule has 4 heteroatoms. The highest BCUT2D eigenvalue weighted by molar-refractivity contribution is 5.37. The van der Waals surface area contributed by atoms with E-state index in [4.69, 9.17) is 18.9 Å². The van der Waals surface area contributed by atoms with Gasteiger partial charge in [-0.3, -0.25) is 0 Å². The van der Waals surface area contributed by atoms with E-state index in [0.29, 0.717) is 5.92 Å². The van der Waals surface area contributed by atoms with Crippen LogP contribution in [0, 0.1) is 0 Å². The second-order valence-electron chi connectivity index (χ2n) is 6.27. The van der Waals surface area contributed by atoms with Crippen LogP contribution in [0.3, 0.4) is 0 Å². The van der Waals surface area contributed by atoms with Crippen molar-refractivity contribution in [3.63, 3.8) is 0 Å². The minimum absolute atomic E-state index is 0.0690. The van der Waals surface area contributed by atoms with Gasteiger partial charge in [0.15, 0.2) is 0 Å². The maximum Gasteiger partial charge on any atom is 0.202 e. The van der Waals surface area contributed by atoms with Crippen LogP contribution < -0.4 is 9.47 Å². The molecule has 0 radical (unpaired) electrons. The third-order valence-corrected chi connectivity index (χ3v) is 4.61. The fraction of sp³-hybridized carbons (Fsp3) is 0.400. The average Bonchev–Trinajstić information content (AvgIpc) is 2.55. The molecule has 2 unspecified atom stereocenters. The molecule has 2 aliphatic heterocycles. The standard InChI is InChI=1S/C20H22O4/c1-14(15-2-6-17(7-3-15)23-19-10-12-21-19)16-4-8-18(9-5-16)24-20-11-13-22-20/h2-9,14,19-20H,10-13H2,1H3. The Labute approximate surface area is 142 Å². The molecule has 2 heterocycles. The van der Waals surface area contributed by atoms with Crippen molar-refractivity contribution in [1.82, 2.24) is 0 Å². The van der Waals surface area contributed by atoms with Crippen LogP contribution in [-0.4, -0.2) is 25.8 Å². The van der Waals surface area contributed by atoms with Gasteiger partial charge in [-0.25, -0.2) is 0 Å². The monoisotopic (exact) mass is 326 g/mol. The number of rotatable bonds is 6. The van der Waals surface area contributed by atoms with Crippen molar-refractivity contribution in [3.05, 3.63) is 59.7 Å². The van der Waals surface area contributed by atoms with E-state index in [1.807, 2.05) is 24.3 Å². The molecule has 2 fully saturated rings. The van der Waals surface area contributed by atoms with Crippen molar-refractivity contribution in [2.24, 2.45) is 0 Å². The largest absolute Gasteiger partial charge is 0.465 e. The van der Waals surface area contributed by atoms with Crippen molar-refractivity contribution < 1.29 is 18.9 Å². The highest BCUT2D eigenvalue weighted by atomic mass is 16.7. The van der Waals surface area contributed by atoms with Crippen molar-refractivity contribution in [2.75, 3.05) is 13.2 Å². The van der Waals surface area contributed by atoms with Gasteiger partial charge in [-0.2, -0.15) is 0 Å². The zero-order valence-electron chi connectivity index (χ0n) is 13.8. The van der Waals surface area contributed by atoms with Crippen molar-refractivity contribution in [1.29, 1.82) is 0 Å². The lowest BCUT2D eigenvalue weighted by molar-refractivity contribution is -0.165. The average molecular weight is 326 g/mol. The van der Waals surface area contributed by atoms with E-state index in [-0.39, 0.29) is 12.6 Å². The van der Waals surface area contributed by atoms with Gasteiger partial charge in [0.05, 0.1) is 13.2 Å². The molecule has 0 spiro atoms. The molecule has 0 N–H and O–H groups in total. The lowest BCUT2D eigenvalue weighted by Gasteiger charge is -2.27. The first-order chi connectivity index (χ1) is 11.8. The number of hydrogen-bond donors (Lipinski definition) is 0. The molecule has 0 bridgehead atoms. The summed E-state index contributed by atoms with van der Waals surface area (Å²) < 4.78 is 22.0. The van der Waals surface area contributed by atoms with Gasteiger partial charge >= 0.3 is 0 Å². The summed E-state index contributed by atoms with van der Waals surface area (Å²) in [4.78, 5) is 0. The third-order valence-electron chi connectivity index (χ3n) is 4.61. The Morgan fingerprint density at radius 3 is 1.42 bits per heavy atom. The summed E-state index contributed by atoms with van der Waals surface area (Å²) in [5.74, 6) is 2.03. The molecule has 0 saturated carbocycles. The van der Waals surface area contributed by atoms with Crippen LogP contribution in [0.15, 0.2) is 48.5 Å². The van der Waals surface area contributed by atoms with Gasteiger partial charge in [-0.15, -0.1) is 0 Å². The quantitative estimate of drug-likeness (QED) is 0.801. The maximum absolute atomic E-state index is 5.71. The van der Waals surface area contributed by atoms with E-state index in [1.54, 1.807) is 0 Å². The predicted molar refractivity (Wildman–Crippen MR) is 90.4 cm³/mol. The van der Waals surface area contributed by atoms with Crippen LogP contribution in [0.1, 0.15) is 36.8 Å². The van der Waals surface area contributed by atoms with Crippen molar-refractivity contribution in [3.8, 4) is 11.5 Å². The minimum Gasteiger partial charge on any atom is -0.465 e. The summed E-state index contributed by atoms with van der Waals surface area (Å²) in [7, 11) is 0. The SMILES string of the molecule is CC(c1ccc(OC2CCO2)cc1)c1ccc(OC2CCO2)cc1. The molecule has 0 amide bonds. The number of hydrogen-bond acceptors (Lipinski definition) is 4. The second kappa shape index (κ2) is 6.83. The molecule has 4 nitrogen and oxygen atoms in total. The smallest absolute Gasteiger partial charge is 0.202 e. The van der Waals surface area contributed by atoms with Crippen molar-refractivity contribution >= 4 is 0 Å². The zero-order chi connectivity index (χ0) is 16.4. The van der Waals surface area contributed by atoms with Crippen LogP contribution in [-0.2, 0) is 9.47 Å². The molecule has 2 aliphatic rings. The topological polar surface area (TPSA) is 36.9 Å². The van der Waals surface area contributed by atoms with Crippen LogP contribution in [0.5, 0.6) is 11.5 Å². The first kappa shape index (κ1) is 15.5. The molecule has 24 heavy (non-hydrogen) atoms. The van der Waals surface area contributed by atoms with Crippen LogP contribution >= 0.6 is 0 Å². The molecule has 2 atom stereocenters. The fourth-order valence-electron chi connectivity index (χ4n) is 2.78. The van der Waals surface area contributed by atoms with Crippen LogP contribution in [0.2, 0.25) is 0 Å². The van der Waals surface area contributed by atoms with Gasteiger partial charge in [-0.05, 0) is 35.4 Å². The van der Waals surface area contributed by atoms with Crippen LogP contribution in [0.4, 0.5) is 0 Å². The molecule has 0 aromatic heterocycles. The van der Waals surface area contributed by atoms with Gasteiger partial charge in [0.25, 0.3) is 0 Å². The highest BCUT2D eigenvalue weighted by Crippen LogP contribution is 2.29. The van der Waals surface area contributed by atoms with Crippen molar-refractivity contribution in [2.45, 2.75) is 38.3 Å². The highest BCUT2D eigenvalue weighted by Gasteiger charge is 2.20. The zero-order valence-corrected chi connectivity index (χ0v) is 13.8. The Hall–Kier alpha value is -2.04. The third kappa shape index (κ3) is 3.40. The second-order valence-corrected chi connectivity index (χ2v) is 6.27. The Balaban J connectivity index is 1.39. The Morgan fingerprint density at radius 1 is 0.750 bits per heavy atom. The Kier molecular flexibility index (Phi) is 4.41. The fourth-order valence-corrected chi connectivity index (χ4v) is 2.78. The normalized spacial score (nSPS) is 23.7. The summed E-state index contributed by atoms with van der Waals surface area (Å²) in [6.45, 7) is 3.80. The summed E-state index contributed by atoms with van der Waals surface area (Å²) in [5, 5.41) is 0. The van der Waals surface area contributed by atoms with E-state index in [1.165, 1.54) is 11.1 Å². The number of benzene rings is 2. The van der Waals surface area contributed by atoms with Gasteiger partial charge in [0, 0.05) is 18.8 Å². The summed E-state index contributed by atoms with van der Waals surface area (Å²) in [6.07, 6.45) is 1.80. The lowest BCUT2D eigenvalue weighted by atomic mass is 9.93. The molecule has 2 aromatic carbocycles. The van der Waals surface area contributed by atoms with E-state index in [9.17, 15) is 0 Å². The van der Waals surface area contributed by atoms with Gasteiger partial charge in [0.1, 0.15) is 11.5 Å². The maximum atomic E-state index is 5.71. The molecule has 4 rings (SSSR count). The summed E-state index contributed by atoms with van der Waals surface area (Å²) >= 11 is 0. The molecule has 126 valence electrons. The molecule has 2 saturated heterocycles. The molecular weight excluding hydrogens is 304 g/mol. The first-order valence-electron chi connectivity index (χ1n) is 8.54. The molecular formula is C20H22O4. The Bertz CT molecular complexity index is 598. The minimum atomic E-state index is -0.0690. The lowest BCUT2D eigenvalue weighted by Crippen LogP contribution is -2.32.